The van der Waals surface area contributed by atoms with Gasteiger partial charge in [-0.3, -0.25) is 4.79 Å². The van der Waals surface area contributed by atoms with Crippen LogP contribution in [0.2, 0.25) is 0 Å². The van der Waals surface area contributed by atoms with Crippen LogP contribution in [0, 0.1) is 5.92 Å². The molecule has 0 bridgehead atoms. The Hall–Kier alpha value is -3.30. The van der Waals surface area contributed by atoms with Crippen LogP contribution in [0.15, 0.2) is 72.7 Å². The number of carbonyl (C=O) groups excluding carboxylic acids is 1. The molecule has 1 fully saturated rings. The fourth-order valence-corrected chi connectivity index (χ4v) is 5.08. The van der Waals surface area contributed by atoms with Crippen LogP contribution in [0.4, 0.5) is 0 Å². The normalized spacial score (nSPS) is 16.6. The third kappa shape index (κ3) is 5.74. The van der Waals surface area contributed by atoms with Crippen LogP contribution >= 0.6 is 0 Å². The predicted molar refractivity (Wildman–Crippen MR) is 127 cm³/mol. The van der Waals surface area contributed by atoms with Crippen molar-refractivity contribution in [2.45, 2.75) is 25.8 Å². The molecule has 1 aliphatic heterocycles. The Morgan fingerprint density at radius 2 is 1.79 bits per heavy atom. The lowest BCUT2D eigenvalue weighted by atomic mass is 9.96. The molecule has 1 aliphatic rings. The summed E-state index contributed by atoms with van der Waals surface area (Å²) < 4.78 is 28.4. The molecule has 4 rings (SSSR count). The zero-order valence-corrected chi connectivity index (χ0v) is 19.2. The molecule has 172 valence electrons. The molecule has 1 amide bonds. The quantitative estimate of drug-likeness (QED) is 0.578. The van der Waals surface area contributed by atoms with Gasteiger partial charge < -0.3 is 5.32 Å². The van der Waals surface area contributed by atoms with Gasteiger partial charge in [-0.1, -0.05) is 42.5 Å². The van der Waals surface area contributed by atoms with Gasteiger partial charge in [0.2, 0.25) is 15.9 Å². The first-order valence-corrected chi connectivity index (χ1v) is 12.4. The van der Waals surface area contributed by atoms with E-state index in [4.69, 9.17) is 0 Å². The lowest BCUT2D eigenvalue weighted by molar-refractivity contribution is -0.126. The van der Waals surface area contributed by atoms with E-state index < -0.39 is 10.0 Å². The zero-order valence-electron chi connectivity index (χ0n) is 18.4. The molecule has 0 spiro atoms. The zero-order chi connectivity index (χ0) is 23.3. The summed E-state index contributed by atoms with van der Waals surface area (Å²) in [7, 11) is -3.51. The maximum atomic E-state index is 12.8. The van der Waals surface area contributed by atoms with Crippen molar-refractivity contribution in [3.63, 3.8) is 0 Å². The second kappa shape index (κ2) is 10.1. The molecule has 0 radical (unpaired) electrons. The Labute approximate surface area is 194 Å². The van der Waals surface area contributed by atoms with Gasteiger partial charge in [-0.25, -0.2) is 18.1 Å². The molecule has 9 heteroatoms. The highest BCUT2D eigenvalue weighted by Crippen LogP contribution is 2.23. The van der Waals surface area contributed by atoms with Gasteiger partial charge in [-0.05, 0) is 49.1 Å². The SMILES string of the molecule is CC(NC(=O)C1CCN(S(=O)(=O)/C=C/c2ccccc2)CC1)c1ccc(-n2cncn2)cc1. The largest absolute Gasteiger partial charge is 0.349 e. The van der Waals surface area contributed by atoms with Crippen LogP contribution in [-0.2, 0) is 14.8 Å². The number of benzene rings is 2. The van der Waals surface area contributed by atoms with Crippen molar-refractivity contribution in [2.75, 3.05) is 13.1 Å². The Balaban J connectivity index is 1.29. The fourth-order valence-electron chi connectivity index (χ4n) is 3.86. The number of hydrogen-bond donors (Lipinski definition) is 1. The second-order valence-corrected chi connectivity index (χ2v) is 9.91. The van der Waals surface area contributed by atoms with Gasteiger partial charge in [-0.15, -0.1) is 0 Å². The summed E-state index contributed by atoms with van der Waals surface area (Å²) in [6, 6.07) is 16.9. The van der Waals surface area contributed by atoms with Crippen molar-refractivity contribution >= 4 is 22.0 Å². The van der Waals surface area contributed by atoms with Crippen molar-refractivity contribution in [1.29, 1.82) is 0 Å². The minimum absolute atomic E-state index is 0.0419. The predicted octanol–water partition coefficient (Wildman–Crippen LogP) is 3.16. The number of aromatic nitrogens is 3. The molecular weight excluding hydrogens is 438 g/mol. The lowest BCUT2D eigenvalue weighted by Crippen LogP contribution is -2.42. The van der Waals surface area contributed by atoms with Crippen molar-refractivity contribution in [2.24, 2.45) is 5.92 Å². The number of hydrogen-bond acceptors (Lipinski definition) is 5. The van der Waals surface area contributed by atoms with E-state index in [9.17, 15) is 13.2 Å². The second-order valence-electron chi connectivity index (χ2n) is 8.09. The Morgan fingerprint density at radius 1 is 1.09 bits per heavy atom. The maximum absolute atomic E-state index is 12.8. The molecule has 1 unspecified atom stereocenters. The van der Waals surface area contributed by atoms with Crippen LogP contribution in [0.1, 0.15) is 36.9 Å². The van der Waals surface area contributed by atoms with Gasteiger partial charge in [0.25, 0.3) is 0 Å². The van der Waals surface area contributed by atoms with Gasteiger partial charge in [0.05, 0.1) is 11.7 Å². The number of nitrogens with one attached hydrogen (secondary N) is 1. The van der Waals surface area contributed by atoms with Crippen molar-refractivity contribution in [3.05, 3.63) is 83.8 Å². The molecule has 1 saturated heterocycles. The van der Waals surface area contributed by atoms with E-state index in [1.165, 1.54) is 16.0 Å². The van der Waals surface area contributed by atoms with E-state index in [2.05, 4.69) is 15.4 Å². The lowest BCUT2D eigenvalue weighted by Gasteiger charge is -2.30. The van der Waals surface area contributed by atoms with E-state index in [-0.39, 0.29) is 17.9 Å². The summed E-state index contributed by atoms with van der Waals surface area (Å²) in [5.74, 6) is -0.244. The Bertz CT molecular complexity index is 1180. The smallest absolute Gasteiger partial charge is 0.236 e. The maximum Gasteiger partial charge on any atom is 0.236 e. The minimum atomic E-state index is -3.51. The van der Waals surface area contributed by atoms with Crippen LogP contribution in [0.3, 0.4) is 0 Å². The molecule has 1 atom stereocenters. The van der Waals surface area contributed by atoms with Gasteiger partial charge >= 0.3 is 0 Å². The number of rotatable bonds is 7. The van der Waals surface area contributed by atoms with E-state index in [0.717, 1.165) is 16.8 Å². The number of piperidine rings is 1. The number of nitrogens with zero attached hydrogens (tertiary/aromatic N) is 4. The number of amides is 1. The standard InChI is InChI=1S/C24H27N5O3S/c1-19(21-7-9-23(10-8-21)29-18-25-17-26-29)27-24(30)22-11-14-28(15-12-22)33(31,32)16-13-20-5-3-2-4-6-20/h2-10,13,16-19,22H,11-12,14-15H2,1H3,(H,27,30)/b16-13+. The third-order valence-electron chi connectivity index (χ3n) is 5.85. The van der Waals surface area contributed by atoms with Gasteiger partial charge in [0.15, 0.2) is 0 Å². The molecule has 3 aromatic rings. The molecule has 2 aromatic carbocycles. The highest BCUT2D eigenvalue weighted by atomic mass is 32.2. The van der Waals surface area contributed by atoms with Gasteiger partial charge in [0.1, 0.15) is 12.7 Å². The highest BCUT2D eigenvalue weighted by molar-refractivity contribution is 7.92. The summed E-state index contributed by atoms with van der Waals surface area (Å²) >= 11 is 0. The highest BCUT2D eigenvalue weighted by Gasteiger charge is 2.30. The summed E-state index contributed by atoms with van der Waals surface area (Å²) in [5, 5.41) is 8.41. The first-order chi connectivity index (χ1) is 15.9. The first-order valence-electron chi connectivity index (χ1n) is 10.9. The molecule has 0 saturated carbocycles. The summed E-state index contributed by atoms with van der Waals surface area (Å²) in [4.78, 5) is 16.7. The molecule has 8 nitrogen and oxygen atoms in total. The average molecular weight is 466 g/mol. The summed E-state index contributed by atoms with van der Waals surface area (Å²) in [5.41, 5.74) is 2.71. The number of carbonyl (C=O) groups is 1. The molecule has 2 heterocycles. The topological polar surface area (TPSA) is 97.2 Å². The third-order valence-corrected chi connectivity index (χ3v) is 7.42. The van der Waals surface area contributed by atoms with Crippen molar-refractivity contribution in [1.82, 2.24) is 24.4 Å². The minimum Gasteiger partial charge on any atom is -0.349 e. The van der Waals surface area contributed by atoms with Crippen molar-refractivity contribution in [3.8, 4) is 5.69 Å². The fraction of sp³-hybridized carbons (Fsp3) is 0.292. The van der Waals surface area contributed by atoms with Crippen LogP contribution < -0.4 is 5.32 Å². The van der Waals surface area contributed by atoms with Crippen molar-refractivity contribution < 1.29 is 13.2 Å². The monoisotopic (exact) mass is 465 g/mol. The molecular formula is C24H27N5O3S. The van der Waals surface area contributed by atoms with Crippen LogP contribution in [0.25, 0.3) is 11.8 Å². The van der Waals surface area contributed by atoms with Gasteiger partial charge in [0, 0.05) is 24.4 Å². The Kier molecular flexibility index (Phi) is 7.00. The van der Waals surface area contributed by atoms with E-state index in [1.807, 2.05) is 61.5 Å². The van der Waals surface area contributed by atoms with Crippen LogP contribution in [-0.4, -0.2) is 46.5 Å². The molecule has 33 heavy (non-hydrogen) atoms. The molecule has 1 aromatic heterocycles. The van der Waals surface area contributed by atoms with Crippen LogP contribution in [0.5, 0.6) is 0 Å². The van der Waals surface area contributed by atoms with E-state index in [1.54, 1.807) is 17.1 Å². The summed E-state index contributed by atoms with van der Waals surface area (Å²) in [6.45, 7) is 2.61. The average Bonchev–Trinajstić information content (AvgIpc) is 3.39. The molecule has 0 aliphatic carbocycles. The first kappa shape index (κ1) is 22.9. The van der Waals surface area contributed by atoms with E-state index >= 15 is 0 Å². The Morgan fingerprint density at radius 3 is 2.42 bits per heavy atom. The summed E-state index contributed by atoms with van der Waals surface area (Å²) in [6.07, 6.45) is 5.71. The van der Waals surface area contributed by atoms with E-state index in [0.29, 0.717) is 25.9 Å². The molecule has 1 N–H and O–H groups in total. The van der Waals surface area contributed by atoms with Gasteiger partial charge in [-0.2, -0.15) is 9.40 Å². The number of sulfonamides is 1.